The van der Waals surface area contributed by atoms with E-state index in [9.17, 15) is 9.59 Å². The van der Waals surface area contributed by atoms with Crippen LogP contribution in [-0.4, -0.2) is 60.7 Å². The Morgan fingerprint density at radius 3 is 1.49 bits per heavy atom. The Hall–Kier alpha value is -3.78. The van der Waals surface area contributed by atoms with E-state index in [0.717, 1.165) is 41.9 Å². The number of carbonyl (C=O) groups excluding carboxylic acids is 2. The molecule has 0 radical (unpaired) electrons. The van der Waals surface area contributed by atoms with Crippen LogP contribution in [0.4, 0.5) is 0 Å². The number of esters is 2. The highest BCUT2D eigenvalue weighted by Crippen LogP contribution is 2.21. The molecule has 2 rings (SSSR count). The summed E-state index contributed by atoms with van der Waals surface area (Å²) in [6.45, 7) is 8.92. The lowest BCUT2D eigenvalue weighted by Gasteiger charge is -2.15. The van der Waals surface area contributed by atoms with Gasteiger partial charge in [0, 0.05) is 20.1 Å². The molecule has 1 atom stereocenters. The summed E-state index contributed by atoms with van der Waals surface area (Å²) in [6, 6.07) is 15.3. The number of unbranched alkanes of at least 4 members (excludes halogenated alkanes) is 1. The third-order valence-electron chi connectivity index (χ3n) is 5.75. The van der Waals surface area contributed by atoms with Crippen molar-refractivity contribution in [1.82, 2.24) is 0 Å². The first-order chi connectivity index (χ1) is 18.8. The van der Waals surface area contributed by atoms with Gasteiger partial charge < -0.3 is 28.4 Å². The molecule has 0 aromatic heterocycles. The minimum Gasteiger partial charge on any atom is -0.501 e. The summed E-state index contributed by atoms with van der Waals surface area (Å²) >= 11 is 0. The van der Waals surface area contributed by atoms with Crippen LogP contribution >= 0.6 is 0 Å². The standard InChI is InChI=1S/C29H36O7.C2H6O/c1-6-24(21(2)32-3)19-22-9-13-25(14-10-22)35-17-7-8-18-36-26-15-11-23(12-16-26)20-27(28(30)33-4)29(31)34-5;1-3-2/h6,9-16,24,27H,1-2,7-8,17-20H2,3-5H3;1-2H3. The maximum absolute atomic E-state index is 11.8. The predicted molar refractivity (Wildman–Crippen MR) is 151 cm³/mol. The molecule has 0 fully saturated rings. The number of allylic oxidation sites excluding steroid dienone is 1. The lowest BCUT2D eigenvalue weighted by Crippen LogP contribution is -2.28. The second-order valence-electron chi connectivity index (χ2n) is 8.62. The molecule has 0 bridgehead atoms. The van der Waals surface area contributed by atoms with E-state index in [4.69, 9.17) is 23.7 Å². The first-order valence-corrected chi connectivity index (χ1v) is 12.7. The third kappa shape index (κ3) is 12.5. The van der Waals surface area contributed by atoms with E-state index in [2.05, 4.69) is 17.9 Å². The van der Waals surface area contributed by atoms with E-state index in [-0.39, 0.29) is 12.3 Å². The molecule has 214 valence electrons. The number of methoxy groups -OCH3 is 4. The second-order valence-corrected chi connectivity index (χ2v) is 8.62. The lowest BCUT2D eigenvalue weighted by atomic mass is 9.98. The highest BCUT2D eigenvalue weighted by molar-refractivity contribution is 5.95. The fourth-order valence-electron chi connectivity index (χ4n) is 3.54. The van der Waals surface area contributed by atoms with E-state index in [0.29, 0.717) is 19.0 Å². The van der Waals surface area contributed by atoms with Crippen molar-refractivity contribution in [2.45, 2.75) is 25.7 Å². The monoisotopic (exact) mass is 542 g/mol. The van der Waals surface area contributed by atoms with Gasteiger partial charge in [-0.3, -0.25) is 9.59 Å². The third-order valence-corrected chi connectivity index (χ3v) is 5.75. The molecular formula is C31H42O8. The van der Waals surface area contributed by atoms with Crippen LogP contribution in [0, 0.1) is 11.8 Å². The largest absolute Gasteiger partial charge is 0.501 e. The fraction of sp³-hybridized carbons (Fsp3) is 0.419. The molecule has 8 nitrogen and oxygen atoms in total. The van der Waals surface area contributed by atoms with Gasteiger partial charge in [-0.05, 0) is 61.1 Å². The van der Waals surface area contributed by atoms with E-state index < -0.39 is 17.9 Å². The van der Waals surface area contributed by atoms with E-state index >= 15 is 0 Å². The normalized spacial score (nSPS) is 10.9. The van der Waals surface area contributed by atoms with Gasteiger partial charge in [-0.15, -0.1) is 6.58 Å². The van der Waals surface area contributed by atoms with Crippen molar-refractivity contribution in [3.8, 4) is 11.5 Å². The van der Waals surface area contributed by atoms with E-state index in [1.54, 1.807) is 21.3 Å². The van der Waals surface area contributed by atoms with Crippen molar-refractivity contribution in [2.24, 2.45) is 11.8 Å². The molecule has 2 aromatic carbocycles. The number of benzene rings is 2. The first kappa shape index (κ1) is 33.2. The molecule has 0 spiro atoms. The summed E-state index contributed by atoms with van der Waals surface area (Å²) < 4.78 is 30.5. The summed E-state index contributed by atoms with van der Waals surface area (Å²) in [7, 11) is 7.37. The number of carbonyl (C=O) groups is 2. The topological polar surface area (TPSA) is 89.5 Å². The Kier molecular flexibility index (Phi) is 16.5. The summed E-state index contributed by atoms with van der Waals surface area (Å²) in [6.07, 6.45) is 4.53. The number of rotatable bonds is 16. The summed E-state index contributed by atoms with van der Waals surface area (Å²) in [5.74, 6) is 0.113. The number of hydrogen-bond acceptors (Lipinski definition) is 8. The van der Waals surface area contributed by atoms with Gasteiger partial charge in [0.05, 0.1) is 40.3 Å². The maximum Gasteiger partial charge on any atom is 0.320 e. The molecule has 0 heterocycles. The van der Waals surface area contributed by atoms with Crippen molar-refractivity contribution in [1.29, 1.82) is 0 Å². The van der Waals surface area contributed by atoms with Crippen molar-refractivity contribution >= 4 is 11.9 Å². The fourth-order valence-corrected chi connectivity index (χ4v) is 3.54. The van der Waals surface area contributed by atoms with Gasteiger partial charge in [0.25, 0.3) is 0 Å². The quantitative estimate of drug-likeness (QED) is 0.0941. The number of hydrogen-bond donors (Lipinski definition) is 0. The highest BCUT2D eigenvalue weighted by Gasteiger charge is 2.28. The molecule has 0 saturated carbocycles. The van der Waals surface area contributed by atoms with Gasteiger partial charge in [-0.25, -0.2) is 0 Å². The van der Waals surface area contributed by atoms with Gasteiger partial charge in [-0.2, -0.15) is 0 Å². The summed E-state index contributed by atoms with van der Waals surface area (Å²) in [4.78, 5) is 23.7. The van der Waals surface area contributed by atoms with E-state index in [1.807, 2.05) is 54.6 Å². The summed E-state index contributed by atoms with van der Waals surface area (Å²) in [5.41, 5.74) is 1.97. The Morgan fingerprint density at radius 1 is 0.718 bits per heavy atom. The van der Waals surface area contributed by atoms with Crippen molar-refractivity contribution < 1.29 is 38.0 Å². The molecule has 0 aliphatic rings. The van der Waals surface area contributed by atoms with Crippen LogP contribution < -0.4 is 9.47 Å². The van der Waals surface area contributed by atoms with Crippen LogP contribution in [0.25, 0.3) is 0 Å². The van der Waals surface area contributed by atoms with Crippen molar-refractivity contribution in [2.75, 3.05) is 48.8 Å². The summed E-state index contributed by atoms with van der Waals surface area (Å²) in [5, 5.41) is 0. The maximum atomic E-state index is 11.8. The molecule has 0 aliphatic heterocycles. The Bertz CT molecular complexity index is 982. The van der Waals surface area contributed by atoms with Crippen LogP contribution in [0.2, 0.25) is 0 Å². The van der Waals surface area contributed by atoms with Crippen LogP contribution in [-0.2, 0) is 41.4 Å². The number of ether oxygens (including phenoxy) is 6. The lowest BCUT2D eigenvalue weighted by molar-refractivity contribution is -0.158. The minimum atomic E-state index is -0.984. The van der Waals surface area contributed by atoms with Gasteiger partial charge in [-0.1, -0.05) is 36.9 Å². The highest BCUT2D eigenvalue weighted by atomic mass is 16.5. The minimum absolute atomic E-state index is 0.0783. The van der Waals surface area contributed by atoms with Gasteiger partial charge >= 0.3 is 11.9 Å². The molecule has 1 unspecified atom stereocenters. The van der Waals surface area contributed by atoms with Crippen LogP contribution in [0.5, 0.6) is 11.5 Å². The van der Waals surface area contributed by atoms with Gasteiger partial charge in [0.2, 0.25) is 0 Å². The van der Waals surface area contributed by atoms with Crippen molar-refractivity contribution in [3.63, 3.8) is 0 Å². The zero-order valence-corrected chi connectivity index (χ0v) is 23.8. The Morgan fingerprint density at radius 2 is 1.13 bits per heavy atom. The van der Waals surface area contributed by atoms with Crippen LogP contribution in [0.15, 0.2) is 73.5 Å². The van der Waals surface area contributed by atoms with Gasteiger partial charge in [0.1, 0.15) is 11.5 Å². The molecule has 39 heavy (non-hydrogen) atoms. The van der Waals surface area contributed by atoms with Gasteiger partial charge in [0.15, 0.2) is 5.92 Å². The molecular weight excluding hydrogens is 500 g/mol. The predicted octanol–water partition coefficient (Wildman–Crippen LogP) is 5.20. The molecule has 8 heteroatoms. The van der Waals surface area contributed by atoms with Crippen molar-refractivity contribution in [3.05, 3.63) is 84.7 Å². The average molecular weight is 543 g/mol. The molecule has 2 aromatic rings. The SMILES string of the molecule is C=CC(Cc1ccc(OCCCCOc2ccc(CC(C(=O)OC)C(=O)OC)cc2)cc1)C(=C)OC.COC. The molecule has 0 amide bonds. The Balaban J connectivity index is 0.00000242. The molecule has 0 saturated heterocycles. The Labute approximate surface area is 232 Å². The average Bonchev–Trinajstić information content (AvgIpc) is 2.97. The first-order valence-electron chi connectivity index (χ1n) is 12.7. The zero-order valence-electron chi connectivity index (χ0n) is 23.8. The molecule has 0 aliphatic carbocycles. The second kappa shape index (κ2) is 19.3. The molecule has 0 N–H and O–H groups in total. The van der Waals surface area contributed by atoms with Crippen LogP contribution in [0.3, 0.4) is 0 Å². The zero-order chi connectivity index (χ0) is 29.0. The van der Waals surface area contributed by atoms with E-state index in [1.165, 1.54) is 14.2 Å². The smallest absolute Gasteiger partial charge is 0.320 e. The van der Waals surface area contributed by atoms with Crippen LogP contribution in [0.1, 0.15) is 24.0 Å².